The molecule has 1 amide bonds. The fourth-order valence-electron chi connectivity index (χ4n) is 2.70. The van der Waals surface area contributed by atoms with Gasteiger partial charge in [0.15, 0.2) is 0 Å². The van der Waals surface area contributed by atoms with E-state index in [1.54, 1.807) is 25.9 Å². The van der Waals surface area contributed by atoms with E-state index < -0.39 is 0 Å². The highest BCUT2D eigenvalue weighted by atomic mass is 32.2. The summed E-state index contributed by atoms with van der Waals surface area (Å²) in [5.74, 6) is 0.725. The number of amides is 1. The van der Waals surface area contributed by atoms with Crippen LogP contribution in [-0.4, -0.2) is 29.3 Å². The second-order valence-electron chi connectivity index (χ2n) is 5.47. The average Bonchev–Trinajstić information content (AvgIpc) is 3.14. The summed E-state index contributed by atoms with van der Waals surface area (Å²) < 4.78 is 5.96. The number of carbonyl (C=O) groups excluding carboxylic acids is 1. The molecule has 0 aliphatic carbocycles. The molecule has 0 radical (unpaired) electrons. The molecule has 0 spiro atoms. The molecule has 4 rings (SSSR count). The summed E-state index contributed by atoms with van der Waals surface area (Å²) in [6, 6.07) is 16.0. The lowest BCUT2D eigenvalue weighted by atomic mass is 10.2. The first-order valence-electron chi connectivity index (χ1n) is 7.55. The van der Waals surface area contributed by atoms with Gasteiger partial charge < -0.3 is 9.64 Å². The van der Waals surface area contributed by atoms with Gasteiger partial charge in [-0.3, -0.25) is 9.69 Å². The molecule has 25 heavy (non-hydrogen) atoms. The Kier molecular flexibility index (Phi) is 4.23. The van der Waals surface area contributed by atoms with Crippen molar-refractivity contribution in [3.05, 3.63) is 58.5 Å². The summed E-state index contributed by atoms with van der Waals surface area (Å²) >= 11 is 8.24. The van der Waals surface area contributed by atoms with E-state index in [0.717, 1.165) is 27.0 Å². The van der Waals surface area contributed by atoms with Gasteiger partial charge in [-0.05, 0) is 24.3 Å². The SMILES string of the molecule is COc1ccc2c(c1)N(c1ccccc1)/C(=C1/SC(=S)N(C)C1=O)S2. The highest BCUT2D eigenvalue weighted by Crippen LogP contribution is 2.54. The molecule has 4 nitrogen and oxygen atoms in total. The minimum absolute atomic E-state index is 0.0572. The van der Waals surface area contributed by atoms with E-state index in [9.17, 15) is 4.79 Å². The van der Waals surface area contributed by atoms with E-state index in [-0.39, 0.29) is 5.91 Å². The largest absolute Gasteiger partial charge is 0.497 e. The molecule has 126 valence electrons. The number of hydrogen-bond acceptors (Lipinski definition) is 6. The number of anilines is 2. The third-order valence-corrected chi connectivity index (χ3v) is 6.81. The lowest BCUT2D eigenvalue weighted by Crippen LogP contribution is -2.23. The highest BCUT2D eigenvalue weighted by Gasteiger charge is 2.38. The van der Waals surface area contributed by atoms with Gasteiger partial charge in [0.1, 0.15) is 20.0 Å². The zero-order valence-electron chi connectivity index (χ0n) is 13.6. The lowest BCUT2D eigenvalue weighted by Gasteiger charge is -2.21. The van der Waals surface area contributed by atoms with Gasteiger partial charge in [-0.25, -0.2) is 0 Å². The molecule has 2 aromatic rings. The van der Waals surface area contributed by atoms with Crippen molar-refractivity contribution in [1.29, 1.82) is 0 Å². The first kappa shape index (κ1) is 16.5. The van der Waals surface area contributed by atoms with Gasteiger partial charge >= 0.3 is 0 Å². The first-order valence-corrected chi connectivity index (χ1v) is 9.59. The zero-order chi connectivity index (χ0) is 17.6. The number of thiocarbonyl (C=S) groups is 1. The van der Waals surface area contributed by atoms with Crippen LogP contribution in [0.2, 0.25) is 0 Å². The topological polar surface area (TPSA) is 32.8 Å². The number of likely N-dealkylation sites (N-methyl/N-ethyl adjacent to an activating group) is 1. The maximum atomic E-state index is 12.6. The highest BCUT2D eigenvalue weighted by molar-refractivity contribution is 8.27. The van der Waals surface area contributed by atoms with E-state index in [4.69, 9.17) is 17.0 Å². The number of benzene rings is 2. The van der Waals surface area contributed by atoms with E-state index in [1.807, 2.05) is 48.5 Å². The summed E-state index contributed by atoms with van der Waals surface area (Å²) in [4.78, 5) is 18.0. The van der Waals surface area contributed by atoms with Crippen molar-refractivity contribution in [3.63, 3.8) is 0 Å². The number of thioether (sulfide) groups is 2. The van der Waals surface area contributed by atoms with Crippen LogP contribution in [0.15, 0.2) is 63.4 Å². The molecule has 2 aliphatic heterocycles. The number of para-hydroxylation sites is 1. The summed E-state index contributed by atoms with van der Waals surface area (Å²) in [5.41, 5.74) is 2.00. The Hall–Kier alpha value is -1.96. The van der Waals surface area contributed by atoms with Crippen molar-refractivity contribution in [2.75, 3.05) is 19.1 Å². The third kappa shape index (κ3) is 2.72. The Balaban J connectivity index is 1.91. The van der Waals surface area contributed by atoms with E-state index in [2.05, 4.69) is 4.90 Å². The number of rotatable bonds is 2. The Bertz CT molecular complexity index is 912. The monoisotopic (exact) mass is 386 g/mol. The van der Waals surface area contributed by atoms with Gasteiger partial charge in [0.05, 0.1) is 12.8 Å². The molecule has 0 bridgehead atoms. The zero-order valence-corrected chi connectivity index (χ0v) is 16.0. The fourth-order valence-corrected chi connectivity index (χ4v) is 5.15. The van der Waals surface area contributed by atoms with Gasteiger partial charge in [0.2, 0.25) is 0 Å². The number of methoxy groups -OCH3 is 1. The van der Waals surface area contributed by atoms with Crippen molar-refractivity contribution in [2.24, 2.45) is 0 Å². The summed E-state index contributed by atoms with van der Waals surface area (Å²) in [7, 11) is 3.37. The van der Waals surface area contributed by atoms with Gasteiger partial charge in [-0.15, -0.1) is 0 Å². The Morgan fingerprint density at radius 1 is 1.08 bits per heavy atom. The van der Waals surface area contributed by atoms with Crippen LogP contribution in [0.4, 0.5) is 11.4 Å². The predicted octanol–water partition coefficient (Wildman–Crippen LogP) is 4.60. The summed E-state index contributed by atoms with van der Waals surface area (Å²) in [5, 5.41) is 0.885. The average molecular weight is 387 g/mol. The maximum absolute atomic E-state index is 12.6. The summed E-state index contributed by atoms with van der Waals surface area (Å²) in [6.45, 7) is 0. The molecule has 2 aliphatic rings. The molecule has 7 heteroatoms. The van der Waals surface area contributed by atoms with Crippen LogP contribution in [0.25, 0.3) is 0 Å². The number of ether oxygens (including phenoxy) is 1. The second kappa shape index (κ2) is 6.40. The Morgan fingerprint density at radius 2 is 1.84 bits per heavy atom. The van der Waals surface area contributed by atoms with Gasteiger partial charge in [0.25, 0.3) is 5.91 Å². The van der Waals surface area contributed by atoms with E-state index in [1.165, 1.54) is 16.7 Å². The van der Waals surface area contributed by atoms with Crippen LogP contribution in [-0.2, 0) is 4.79 Å². The molecule has 0 unspecified atom stereocenters. The van der Waals surface area contributed by atoms with Crippen molar-refractivity contribution in [1.82, 2.24) is 4.90 Å². The summed E-state index contributed by atoms with van der Waals surface area (Å²) in [6.07, 6.45) is 0. The predicted molar refractivity (Wildman–Crippen MR) is 107 cm³/mol. The Morgan fingerprint density at radius 3 is 2.48 bits per heavy atom. The number of fused-ring (bicyclic) bond motifs is 1. The molecule has 2 aromatic carbocycles. The molecule has 1 fully saturated rings. The standard InChI is InChI=1S/C18H14N2O2S3/c1-19-16(21)15(25-18(19)23)17-20(11-6-4-3-5-7-11)13-10-12(22-2)8-9-14(13)24-17/h3-10H,1-2H3/b17-15-. The van der Waals surface area contributed by atoms with Crippen molar-refractivity contribution in [3.8, 4) is 5.75 Å². The van der Waals surface area contributed by atoms with Crippen molar-refractivity contribution in [2.45, 2.75) is 4.90 Å². The van der Waals surface area contributed by atoms with Crippen LogP contribution in [0.1, 0.15) is 0 Å². The normalized spacial score (nSPS) is 19.6. The van der Waals surface area contributed by atoms with Crippen molar-refractivity contribution < 1.29 is 9.53 Å². The molecule has 0 atom stereocenters. The van der Waals surface area contributed by atoms with E-state index in [0.29, 0.717) is 9.23 Å². The number of nitrogens with zero attached hydrogens (tertiary/aromatic N) is 2. The van der Waals surface area contributed by atoms with Gasteiger partial charge in [-0.1, -0.05) is 53.9 Å². The van der Waals surface area contributed by atoms with Crippen molar-refractivity contribution >= 4 is 57.3 Å². The smallest absolute Gasteiger partial charge is 0.268 e. The second-order valence-corrected chi connectivity index (χ2v) is 8.15. The van der Waals surface area contributed by atoms with E-state index >= 15 is 0 Å². The molecule has 0 N–H and O–H groups in total. The molecular weight excluding hydrogens is 372 g/mol. The number of hydrogen-bond donors (Lipinski definition) is 0. The number of carbonyl (C=O) groups is 1. The van der Waals surface area contributed by atoms with Crippen LogP contribution >= 0.6 is 35.7 Å². The van der Waals surface area contributed by atoms with Gasteiger partial charge in [0, 0.05) is 23.7 Å². The molecular formula is C18H14N2O2S3. The minimum Gasteiger partial charge on any atom is -0.497 e. The molecule has 0 aromatic heterocycles. The third-order valence-electron chi connectivity index (χ3n) is 3.99. The molecule has 2 heterocycles. The first-order chi connectivity index (χ1) is 12.1. The lowest BCUT2D eigenvalue weighted by molar-refractivity contribution is -0.121. The quantitative estimate of drug-likeness (QED) is 0.554. The Labute approximate surface area is 159 Å². The maximum Gasteiger partial charge on any atom is 0.268 e. The molecule has 1 saturated heterocycles. The fraction of sp³-hybridized carbons (Fsp3) is 0.111. The minimum atomic E-state index is -0.0572. The van der Waals surface area contributed by atoms with Crippen LogP contribution in [0.3, 0.4) is 0 Å². The molecule has 0 saturated carbocycles. The van der Waals surface area contributed by atoms with Crippen LogP contribution < -0.4 is 9.64 Å². The van der Waals surface area contributed by atoms with Gasteiger partial charge in [-0.2, -0.15) is 0 Å². The van der Waals surface area contributed by atoms with Crippen LogP contribution in [0.5, 0.6) is 5.75 Å². The van der Waals surface area contributed by atoms with Crippen LogP contribution in [0, 0.1) is 0 Å².